The minimum Gasteiger partial charge on any atom is -0.304 e. The van der Waals surface area contributed by atoms with Gasteiger partial charge in [0.2, 0.25) is 0 Å². The van der Waals surface area contributed by atoms with Gasteiger partial charge in [-0.15, -0.1) is 6.58 Å². The zero-order valence-electron chi connectivity index (χ0n) is 9.50. The highest BCUT2D eigenvalue weighted by Crippen LogP contribution is 2.01. The first kappa shape index (κ1) is 11.7. The van der Waals surface area contributed by atoms with E-state index < -0.39 is 0 Å². The third kappa shape index (κ3) is 4.22. The summed E-state index contributed by atoms with van der Waals surface area (Å²) in [5, 5.41) is 2.34. The fourth-order valence-electron chi connectivity index (χ4n) is 1.68. The van der Waals surface area contributed by atoms with Crippen molar-refractivity contribution in [2.24, 2.45) is 0 Å². The van der Waals surface area contributed by atoms with E-state index in [0.29, 0.717) is 6.04 Å². The second-order valence-electron chi connectivity index (χ2n) is 4.19. The van der Waals surface area contributed by atoms with Gasteiger partial charge in [-0.3, -0.25) is 5.43 Å². The summed E-state index contributed by atoms with van der Waals surface area (Å²) in [7, 11) is 2.18. The van der Waals surface area contributed by atoms with E-state index >= 15 is 0 Å². The van der Waals surface area contributed by atoms with E-state index in [4.69, 9.17) is 0 Å². The largest absolute Gasteiger partial charge is 0.304 e. The second-order valence-corrected chi connectivity index (χ2v) is 4.19. The van der Waals surface area contributed by atoms with Gasteiger partial charge in [0.15, 0.2) is 0 Å². The lowest BCUT2D eigenvalue weighted by Crippen LogP contribution is -2.53. The van der Waals surface area contributed by atoms with Crippen molar-refractivity contribution >= 4 is 0 Å². The lowest BCUT2D eigenvalue weighted by molar-refractivity contribution is 0.0884. The minimum atomic E-state index is 0.566. The molecule has 1 heterocycles. The molecule has 0 aromatic carbocycles. The van der Waals surface area contributed by atoms with Gasteiger partial charge in [-0.1, -0.05) is 6.08 Å². The molecule has 0 aliphatic carbocycles. The first-order chi connectivity index (χ1) is 6.72. The van der Waals surface area contributed by atoms with Crippen molar-refractivity contribution in [2.75, 3.05) is 33.2 Å². The highest BCUT2D eigenvalue weighted by atomic mass is 15.5. The van der Waals surface area contributed by atoms with Crippen molar-refractivity contribution in [1.82, 2.24) is 15.3 Å². The van der Waals surface area contributed by atoms with E-state index in [1.54, 1.807) is 0 Å². The van der Waals surface area contributed by atoms with Gasteiger partial charge in [0.1, 0.15) is 0 Å². The average molecular weight is 197 g/mol. The van der Waals surface area contributed by atoms with Crippen LogP contribution in [0.15, 0.2) is 12.7 Å². The standard InChI is InChI=1S/C11H23N3/c1-4-5-6-11(2)12-14-9-7-13(3)8-10-14/h4,11-12H,1,5-10H2,2-3H3. The van der Waals surface area contributed by atoms with Gasteiger partial charge >= 0.3 is 0 Å². The lowest BCUT2D eigenvalue weighted by Gasteiger charge is -2.34. The van der Waals surface area contributed by atoms with E-state index in [-0.39, 0.29) is 0 Å². The van der Waals surface area contributed by atoms with Crippen molar-refractivity contribution in [3.05, 3.63) is 12.7 Å². The Morgan fingerprint density at radius 2 is 2.00 bits per heavy atom. The Balaban J connectivity index is 2.13. The summed E-state index contributed by atoms with van der Waals surface area (Å²) in [4.78, 5) is 2.37. The fourth-order valence-corrected chi connectivity index (χ4v) is 1.68. The zero-order valence-corrected chi connectivity index (χ0v) is 9.50. The number of hydrazine groups is 1. The quantitative estimate of drug-likeness (QED) is 0.666. The molecule has 1 fully saturated rings. The maximum atomic E-state index is 3.74. The maximum Gasteiger partial charge on any atom is 0.0259 e. The summed E-state index contributed by atoms with van der Waals surface area (Å²) in [6.45, 7) is 10.6. The molecule has 0 amide bonds. The molecular formula is C11H23N3. The molecule has 0 bridgehead atoms. The molecule has 0 aromatic heterocycles. The van der Waals surface area contributed by atoms with Crippen molar-refractivity contribution in [3.63, 3.8) is 0 Å². The Kier molecular flexibility index (Phi) is 5.15. The predicted octanol–water partition coefficient (Wildman–Crippen LogP) is 1.09. The SMILES string of the molecule is C=CCCC(C)NN1CCN(C)CC1. The molecule has 14 heavy (non-hydrogen) atoms. The zero-order chi connectivity index (χ0) is 10.4. The molecule has 1 atom stereocenters. The van der Waals surface area contributed by atoms with Crippen LogP contribution in [0.2, 0.25) is 0 Å². The van der Waals surface area contributed by atoms with Gasteiger partial charge < -0.3 is 4.90 Å². The number of nitrogens with zero attached hydrogens (tertiary/aromatic N) is 2. The Bertz CT molecular complexity index is 162. The molecule has 0 saturated carbocycles. The van der Waals surface area contributed by atoms with E-state index in [1.165, 1.54) is 19.5 Å². The van der Waals surface area contributed by atoms with E-state index in [0.717, 1.165) is 19.5 Å². The van der Waals surface area contributed by atoms with E-state index in [2.05, 4.69) is 35.9 Å². The molecule has 1 rings (SSSR count). The van der Waals surface area contributed by atoms with Gasteiger partial charge in [0, 0.05) is 32.2 Å². The van der Waals surface area contributed by atoms with Crippen LogP contribution in [0.5, 0.6) is 0 Å². The van der Waals surface area contributed by atoms with Crippen LogP contribution < -0.4 is 5.43 Å². The van der Waals surface area contributed by atoms with Gasteiger partial charge in [-0.2, -0.15) is 0 Å². The number of piperazine rings is 1. The Hall–Kier alpha value is -0.380. The topological polar surface area (TPSA) is 18.5 Å². The van der Waals surface area contributed by atoms with E-state index in [1.807, 2.05) is 6.08 Å². The van der Waals surface area contributed by atoms with Crippen LogP contribution in [0, 0.1) is 0 Å². The number of rotatable bonds is 5. The summed E-state index contributed by atoms with van der Waals surface area (Å²) < 4.78 is 0. The maximum absolute atomic E-state index is 3.74. The second kappa shape index (κ2) is 6.17. The van der Waals surface area contributed by atoms with Crippen LogP contribution >= 0.6 is 0 Å². The number of likely N-dealkylation sites (N-methyl/N-ethyl adjacent to an activating group) is 1. The third-order valence-corrected chi connectivity index (χ3v) is 2.71. The molecule has 3 heteroatoms. The molecule has 0 radical (unpaired) electrons. The molecule has 3 nitrogen and oxygen atoms in total. The molecule has 1 aliphatic heterocycles. The molecule has 0 spiro atoms. The summed E-state index contributed by atoms with van der Waals surface area (Å²) in [5.74, 6) is 0. The van der Waals surface area contributed by atoms with Crippen molar-refractivity contribution in [2.45, 2.75) is 25.8 Å². The monoisotopic (exact) mass is 197 g/mol. The van der Waals surface area contributed by atoms with Crippen molar-refractivity contribution in [3.8, 4) is 0 Å². The summed E-state index contributed by atoms with van der Waals surface area (Å²) >= 11 is 0. The summed E-state index contributed by atoms with van der Waals surface area (Å²) in [6, 6.07) is 0.566. The smallest absolute Gasteiger partial charge is 0.0259 e. The average Bonchev–Trinajstić information content (AvgIpc) is 2.18. The van der Waals surface area contributed by atoms with Crippen LogP contribution in [0.25, 0.3) is 0 Å². The van der Waals surface area contributed by atoms with Gasteiger partial charge in [-0.25, -0.2) is 5.01 Å². The highest BCUT2D eigenvalue weighted by molar-refractivity contribution is 4.72. The Labute approximate surface area is 87.7 Å². The molecule has 1 aliphatic rings. The third-order valence-electron chi connectivity index (χ3n) is 2.71. The molecule has 1 N–H and O–H groups in total. The van der Waals surface area contributed by atoms with Gasteiger partial charge in [0.05, 0.1) is 0 Å². The molecule has 82 valence electrons. The lowest BCUT2D eigenvalue weighted by atomic mass is 10.2. The van der Waals surface area contributed by atoms with Gasteiger partial charge in [0.25, 0.3) is 0 Å². The van der Waals surface area contributed by atoms with Crippen molar-refractivity contribution in [1.29, 1.82) is 0 Å². The summed E-state index contributed by atoms with van der Waals surface area (Å²) in [5.41, 5.74) is 3.53. The number of hydrogen-bond donors (Lipinski definition) is 1. The van der Waals surface area contributed by atoms with Crippen LogP contribution in [-0.2, 0) is 0 Å². The first-order valence-electron chi connectivity index (χ1n) is 5.53. The van der Waals surface area contributed by atoms with Gasteiger partial charge in [-0.05, 0) is 26.8 Å². The van der Waals surface area contributed by atoms with Crippen LogP contribution in [-0.4, -0.2) is 49.2 Å². The molecular weight excluding hydrogens is 174 g/mol. The Morgan fingerprint density at radius 3 is 2.57 bits per heavy atom. The van der Waals surface area contributed by atoms with Crippen LogP contribution in [0.3, 0.4) is 0 Å². The Morgan fingerprint density at radius 1 is 1.36 bits per heavy atom. The summed E-state index contributed by atoms with van der Waals surface area (Å²) in [6.07, 6.45) is 4.26. The minimum absolute atomic E-state index is 0.566. The number of allylic oxidation sites excluding steroid dienone is 1. The fraction of sp³-hybridized carbons (Fsp3) is 0.818. The molecule has 0 aromatic rings. The van der Waals surface area contributed by atoms with Crippen LogP contribution in [0.4, 0.5) is 0 Å². The van der Waals surface area contributed by atoms with E-state index in [9.17, 15) is 0 Å². The normalized spacial score (nSPS) is 22.1. The first-order valence-corrected chi connectivity index (χ1v) is 5.53. The highest BCUT2D eigenvalue weighted by Gasteiger charge is 2.14. The van der Waals surface area contributed by atoms with Crippen LogP contribution in [0.1, 0.15) is 19.8 Å². The molecule has 1 unspecified atom stereocenters. The molecule has 1 saturated heterocycles. The van der Waals surface area contributed by atoms with Crippen molar-refractivity contribution < 1.29 is 0 Å². The predicted molar refractivity (Wildman–Crippen MR) is 61.1 cm³/mol. The number of nitrogens with one attached hydrogen (secondary N) is 1. The number of hydrogen-bond acceptors (Lipinski definition) is 3.